The van der Waals surface area contributed by atoms with Crippen LogP contribution in [-0.2, 0) is 12.0 Å². The monoisotopic (exact) mass is 300 g/mol. The number of nitrogens with one attached hydrogen (secondary N) is 1. The van der Waals surface area contributed by atoms with Crippen molar-refractivity contribution in [1.29, 1.82) is 0 Å². The van der Waals surface area contributed by atoms with Gasteiger partial charge in [0.2, 0.25) is 5.88 Å². The molecular weight excluding hydrogens is 276 g/mol. The van der Waals surface area contributed by atoms with Crippen molar-refractivity contribution in [2.24, 2.45) is 0 Å². The van der Waals surface area contributed by atoms with Crippen molar-refractivity contribution in [3.63, 3.8) is 0 Å². The lowest BCUT2D eigenvalue weighted by Gasteiger charge is -2.19. The highest BCUT2D eigenvalue weighted by atomic mass is 16.5. The maximum absolute atomic E-state index is 5.68. The number of aromatic nitrogens is 3. The van der Waals surface area contributed by atoms with E-state index in [4.69, 9.17) is 4.74 Å². The lowest BCUT2D eigenvalue weighted by Crippen LogP contribution is -2.18. The third-order valence-electron chi connectivity index (χ3n) is 3.00. The number of hydrogen-bond donors (Lipinski definition) is 1. The second-order valence-corrected chi connectivity index (χ2v) is 6.19. The SMILES string of the molecule is CCCOc1cc(NCc2ccccn2)nc(C(C)(C)C)n1. The number of nitrogens with zero attached hydrogens (tertiary/aromatic N) is 3. The molecule has 0 fully saturated rings. The molecule has 0 saturated heterocycles. The van der Waals surface area contributed by atoms with Gasteiger partial charge >= 0.3 is 0 Å². The van der Waals surface area contributed by atoms with Crippen LogP contribution >= 0.6 is 0 Å². The van der Waals surface area contributed by atoms with Crippen LogP contribution in [0.15, 0.2) is 30.5 Å². The van der Waals surface area contributed by atoms with Crippen LogP contribution in [0.25, 0.3) is 0 Å². The van der Waals surface area contributed by atoms with Gasteiger partial charge in [-0.25, -0.2) is 4.98 Å². The first kappa shape index (κ1) is 16.2. The van der Waals surface area contributed by atoms with Crippen LogP contribution in [0.1, 0.15) is 45.6 Å². The molecule has 1 N–H and O–H groups in total. The van der Waals surface area contributed by atoms with Crippen LogP contribution in [0.2, 0.25) is 0 Å². The fraction of sp³-hybridized carbons (Fsp3) is 0.471. The van der Waals surface area contributed by atoms with Crippen molar-refractivity contribution in [2.75, 3.05) is 11.9 Å². The lowest BCUT2D eigenvalue weighted by molar-refractivity contribution is 0.301. The normalized spacial score (nSPS) is 11.3. The number of pyridine rings is 1. The molecule has 0 aliphatic heterocycles. The third-order valence-corrected chi connectivity index (χ3v) is 3.00. The molecule has 0 bridgehead atoms. The average Bonchev–Trinajstić information content (AvgIpc) is 2.51. The van der Waals surface area contributed by atoms with E-state index in [-0.39, 0.29) is 5.41 Å². The van der Waals surface area contributed by atoms with Gasteiger partial charge in [-0.15, -0.1) is 0 Å². The topological polar surface area (TPSA) is 59.9 Å². The molecule has 0 aliphatic carbocycles. The Labute approximate surface area is 132 Å². The maximum Gasteiger partial charge on any atom is 0.218 e. The first-order valence-corrected chi connectivity index (χ1v) is 7.65. The van der Waals surface area contributed by atoms with Crippen molar-refractivity contribution < 1.29 is 4.74 Å². The van der Waals surface area contributed by atoms with Gasteiger partial charge in [-0.2, -0.15) is 4.98 Å². The van der Waals surface area contributed by atoms with Gasteiger partial charge in [0.05, 0.1) is 18.8 Å². The molecule has 0 aromatic carbocycles. The zero-order valence-corrected chi connectivity index (χ0v) is 13.8. The standard InChI is InChI=1S/C17H24N4O/c1-5-10-22-15-11-14(20-16(21-15)17(2,3)4)19-12-13-8-6-7-9-18-13/h6-9,11H,5,10,12H2,1-4H3,(H,19,20,21). The summed E-state index contributed by atoms with van der Waals surface area (Å²) in [6.07, 6.45) is 2.74. The highest BCUT2D eigenvalue weighted by Gasteiger charge is 2.19. The zero-order chi connectivity index (χ0) is 16.0. The van der Waals surface area contributed by atoms with E-state index in [1.807, 2.05) is 24.3 Å². The molecule has 0 unspecified atom stereocenters. The summed E-state index contributed by atoms with van der Waals surface area (Å²) in [5.74, 6) is 2.15. The molecule has 2 heterocycles. The maximum atomic E-state index is 5.68. The summed E-state index contributed by atoms with van der Waals surface area (Å²) in [5, 5.41) is 3.30. The van der Waals surface area contributed by atoms with Crippen LogP contribution in [0.5, 0.6) is 5.88 Å². The quantitative estimate of drug-likeness (QED) is 0.883. The molecule has 0 amide bonds. The molecule has 2 aromatic rings. The Balaban J connectivity index is 2.18. The summed E-state index contributed by atoms with van der Waals surface area (Å²) >= 11 is 0. The minimum absolute atomic E-state index is 0.132. The number of anilines is 1. The van der Waals surface area contributed by atoms with Gasteiger partial charge in [0.15, 0.2) is 0 Å². The molecule has 22 heavy (non-hydrogen) atoms. The molecule has 0 saturated carbocycles. The fourth-order valence-corrected chi connectivity index (χ4v) is 1.82. The van der Waals surface area contributed by atoms with Gasteiger partial charge in [0.1, 0.15) is 11.6 Å². The van der Waals surface area contributed by atoms with E-state index in [1.165, 1.54) is 0 Å². The highest BCUT2D eigenvalue weighted by Crippen LogP contribution is 2.23. The van der Waals surface area contributed by atoms with Gasteiger partial charge in [0, 0.05) is 17.7 Å². The van der Waals surface area contributed by atoms with Crippen molar-refractivity contribution in [1.82, 2.24) is 15.0 Å². The summed E-state index contributed by atoms with van der Waals surface area (Å²) in [5.41, 5.74) is 0.835. The first-order chi connectivity index (χ1) is 10.5. The van der Waals surface area contributed by atoms with E-state index in [1.54, 1.807) is 6.20 Å². The molecule has 0 spiro atoms. The Hall–Kier alpha value is -2.17. The summed E-state index contributed by atoms with van der Waals surface area (Å²) in [7, 11) is 0. The molecular formula is C17H24N4O. The lowest BCUT2D eigenvalue weighted by atomic mass is 9.96. The Bertz CT molecular complexity index is 593. The minimum atomic E-state index is -0.132. The molecule has 0 radical (unpaired) electrons. The Kier molecular flexibility index (Phi) is 5.31. The summed E-state index contributed by atoms with van der Waals surface area (Å²) in [6.45, 7) is 9.62. The van der Waals surface area contributed by atoms with E-state index in [2.05, 4.69) is 48.0 Å². The van der Waals surface area contributed by atoms with Gasteiger partial charge in [-0.05, 0) is 18.6 Å². The smallest absolute Gasteiger partial charge is 0.218 e. The number of hydrogen-bond acceptors (Lipinski definition) is 5. The first-order valence-electron chi connectivity index (χ1n) is 7.65. The Morgan fingerprint density at radius 1 is 1.18 bits per heavy atom. The van der Waals surface area contributed by atoms with Gasteiger partial charge in [0.25, 0.3) is 0 Å². The van der Waals surface area contributed by atoms with E-state index < -0.39 is 0 Å². The van der Waals surface area contributed by atoms with Gasteiger partial charge < -0.3 is 10.1 Å². The van der Waals surface area contributed by atoms with Crippen LogP contribution < -0.4 is 10.1 Å². The van der Waals surface area contributed by atoms with Crippen molar-refractivity contribution in [3.8, 4) is 5.88 Å². The van der Waals surface area contributed by atoms with E-state index in [0.717, 1.165) is 23.8 Å². The van der Waals surface area contributed by atoms with Crippen molar-refractivity contribution >= 4 is 5.82 Å². The highest BCUT2D eigenvalue weighted by molar-refractivity contribution is 5.39. The van der Waals surface area contributed by atoms with Gasteiger partial charge in [-0.3, -0.25) is 4.98 Å². The van der Waals surface area contributed by atoms with Crippen LogP contribution in [0.3, 0.4) is 0 Å². The van der Waals surface area contributed by atoms with Crippen LogP contribution in [-0.4, -0.2) is 21.6 Å². The predicted octanol–water partition coefficient (Wildman–Crippen LogP) is 3.57. The number of ether oxygens (including phenoxy) is 1. The van der Waals surface area contributed by atoms with E-state index in [0.29, 0.717) is 19.0 Å². The summed E-state index contributed by atoms with van der Waals surface area (Å²) < 4.78 is 5.68. The van der Waals surface area contributed by atoms with E-state index in [9.17, 15) is 0 Å². The molecule has 2 rings (SSSR count). The van der Waals surface area contributed by atoms with Crippen LogP contribution in [0, 0.1) is 0 Å². The summed E-state index contributed by atoms with van der Waals surface area (Å²) in [4.78, 5) is 13.4. The minimum Gasteiger partial charge on any atom is -0.478 e. The second kappa shape index (κ2) is 7.20. The van der Waals surface area contributed by atoms with Gasteiger partial charge in [-0.1, -0.05) is 33.8 Å². The molecule has 5 nitrogen and oxygen atoms in total. The summed E-state index contributed by atoms with van der Waals surface area (Å²) in [6, 6.07) is 7.70. The molecule has 0 atom stereocenters. The number of rotatable bonds is 6. The Morgan fingerprint density at radius 3 is 2.64 bits per heavy atom. The fourth-order valence-electron chi connectivity index (χ4n) is 1.82. The van der Waals surface area contributed by atoms with E-state index >= 15 is 0 Å². The van der Waals surface area contributed by atoms with Crippen molar-refractivity contribution in [2.45, 2.75) is 46.1 Å². The largest absolute Gasteiger partial charge is 0.478 e. The van der Waals surface area contributed by atoms with Crippen molar-refractivity contribution in [3.05, 3.63) is 42.0 Å². The Morgan fingerprint density at radius 2 is 2.00 bits per heavy atom. The molecule has 118 valence electrons. The third kappa shape index (κ3) is 4.69. The van der Waals surface area contributed by atoms with Crippen LogP contribution in [0.4, 0.5) is 5.82 Å². The molecule has 2 aromatic heterocycles. The second-order valence-electron chi connectivity index (χ2n) is 6.19. The molecule has 0 aliphatic rings. The zero-order valence-electron chi connectivity index (χ0n) is 13.8. The predicted molar refractivity (Wildman–Crippen MR) is 88.1 cm³/mol. The molecule has 5 heteroatoms. The average molecular weight is 300 g/mol.